The molecule has 0 saturated heterocycles. The second-order valence-corrected chi connectivity index (χ2v) is 5.29. The topological polar surface area (TPSA) is 99.6 Å². The third-order valence-corrected chi connectivity index (χ3v) is 3.59. The Bertz CT molecular complexity index is 759. The molecule has 0 aliphatic carbocycles. The van der Waals surface area contributed by atoms with E-state index in [1.54, 1.807) is 19.9 Å². The van der Waals surface area contributed by atoms with Gasteiger partial charge in [0.1, 0.15) is 0 Å². The Labute approximate surface area is 142 Å². The summed E-state index contributed by atoms with van der Waals surface area (Å²) in [6.07, 6.45) is 1.18. The Kier molecular flexibility index (Phi) is 5.46. The van der Waals surface area contributed by atoms with Crippen molar-refractivity contribution in [3.05, 3.63) is 39.1 Å². The number of hydrogen-bond acceptors (Lipinski definition) is 5. The predicted octanol–water partition coefficient (Wildman–Crippen LogP) is 2.89. The molecule has 2 aromatic rings. The van der Waals surface area contributed by atoms with Gasteiger partial charge in [0.2, 0.25) is 0 Å². The minimum absolute atomic E-state index is 0.0984. The average Bonchev–Trinajstić information content (AvgIpc) is 2.95. The molecule has 23 heavy (non-hydrogen) atoms. The zero-order chi connectivity index (χ0) is 17.0. The van der Waals surface area contributed by atoms with Crippen molar-refractivity contribution in [3.63, 3.8) is 0 Å². The molecule has 0 atom stereocenters. The zero-order valence-corrected chi connectivity index (χ0v) is 13.9. The summed E-state index contributed by atoms with van der Waals surface area (Å²) in [6.45, 7) is 3.88. The van der Waals surface area contributed by atoms with E-state index in [1.165, 1.54) is 12.3 Å². The SMILES string of the molecule is CCOc1cc(Cl)c(Cl)c(/C=N\NC(=O)c2cc(C)[nH]n2)c1O. The smallest absolute Gasteiger partial charge is 0.291 e. The number of phenolic OH excluding ortho intramolecular Hbond substituents is 1. The summed E-state index contributed by atoms with van der Waals surface area (Å²) < 4.78 is 5.26. The Morgan fingerprint density at radius 1 is 1.52 bits per heavy atom. The van der Waals surface area contributed by atoms with Gasteiger partial charge in [-0.1, -0.05) is 23.2 Å². The van der Waals surface area contributed by atoms with Crippen LogP contribution in [-0.4, -0.2) is 34.0 Å². The van der Waals surface area contributed by atoms with Crippen molar-refractivity contribution in [2.24, 2.45) is 5.10 Å². The average molecular weight is 357 g/mol. The Hall–Kier alpha value is -2.25. The molecule has 0 saturated carbocycles. The lowest BCUT2D eigenvalue weighted by Crippen LogP contribution is -2.18. The maximum absolute atomic E-state index is 11.8. The quantitative estimate of drug-likeness (QED) is 0.566. The minimum atomic E-state index is -0.506. The van der Waals surface area contributed by atoms with Crippen LogP contribution in [0, 0.1) is 6.92 Å². The first-order valence-electron chi connectivity index (χ1n) is 6.63. The van der Waals surface area contributed by atoms with Crippen LogP contribution in [0.3, 0.4) is 0 Å². The number of aromatic nitrogens is 2. The van der Waals surface area contributed by atoms with Crippen LogP contribution in [0.1, 0.15) is 28.7 Å². The molecule has 0 radical (unpaired) electrons. The highest BCUT2D eigenvalue weighted by Gasteiger charge is 2.15. The molecule has 0 spiro atoms. The van der Waals surface area contributed by atoms with E-state index in [2.05, 4.69) is 20.7 Å². The van der Waals surface area contributed by atoms with E-state index in [0.717, 1.165) is 5.69 Å². The molecule has 1 amide bonds. The molecule has 2 rings (SSSR count). The number of aromatic amines is 1. The van der Waals surface area contributed by atoms with Gasteiger partial charge in [0.25, 0.3) is 5.91 Å². The lowest BCUT2D eigenvalue weighted by atomic mass is 10.2. The molecular weight excluding hydrogens is 343 g/mol. The van der Waals surface area contributed by atoms with Gasteiger partial charge in [0.15, 0.2) is 17.2 Å². The van der Waals surface area contributed by atoms with E-state index < -0.39 is 5.91 Å². The number of carbonyl (C=O) groups excluding carboxylic acids is 1. The fraction of sp³-hybridized carbons (Fsp3) is 0.214. The number of halogens is 2. The first-order valence-corrected chi connectivity index (χ1v) is 7.38. The van der Waals surface area contributed by atoms with Crippen LogP contribution in [-0.2, 0) is 0 Å². The Morgan fingerprint density at radius 3 is 2.87 bits per heavy atom. The lowest BCUT2D eigenvalue weighted by molar-refractivity contribution is 0.0950. The van der Waals surface area contributed by atoms with Crippen molar-refractivity contribution in [2.75, 3.05) is 6.61 Å². The van der Waals surface area contributed by atoms with E-state index in [1.807, 2.05) is 0 Å². The standard InChI is InChI=1S/C14H14Cl2N4O3/c1-3-23-11-5-9(15)12(16)8(13(11)21)6-17-20-14(22)10-4-7(2)18-19-10/h4-6,21H,3H2,1-2H3,(H,18,19)(H,20,22)/b17-6-. The van der Waals surface area contributed by atoms with Crippen LogP contribution < -0.4 is 10.2 Å². The molecule has 0 fully saturated rings. The molecule has 3 N–H and O–H groups in total. The van der Waals surface area contributed by atoms with Gasteiger partial charge in [-0.3, -0.25) is 9.89 Å². The number of benzene rings is 1. The van der Waals surface area contributed by atoms with E-state index >= 15 is 0 Å². The summed E-state index contributed by atoms with van der Waals surface area (Å²) in [5, 5.41) is 20.6. The molecule has 0 aliphatic heterocycles. The molecule has 0 unspecified atom stereocenters. The number of nitrogens with zero attached hydrogens (tertiary/aromatic N) is 2. The summed E-state index contributed by atoms with van der Waals surface area (Å²) in [5.74, 6) is -0.541. The van der Waals surface area contributed by atoms with Gasteiger partial charge in [-0.25, -0.2) is 5.43 Å². The highest BCUT2D eigenvalue weighted by atomic mass is 35.5. The van der Waals surface area contributed by atoms with Gasteiger partial charge in [0, 0.05) is 11.8 Å². The number of H-pyrrole nitrogens is 1. The van der Waals surface area contributed by atoms with Gasteiger partial charge in [0.05, 0.1) is 28.4 Å². The molecule has 7 nitrogen and oxygen atoms in total. The number of carbonyl (C=O) groups is 1. The lowest BCUT2D eigenvalue weighted by Gasteiger charge is -2.10. The number of amides is 1. The molecule has 0 bridgehead atoms. The molecule has 1 aromatic carbocycles. The fourth-order valence-corrected chi connectivity index (χ4v) is 2.14. The Morgan fingerprint density at radius 2 is 2.26 bits per heavy atom. The third kappa shape index (κ3) is 3.94. The normalized spacial score (nSPS) is 11.0. The van der Waals surface area contributed by atoms with Gasteiger partial charge < -0.3 is 9.84 Å². The molecular formula is C14H14Cl2N4O3. The number of phenols is 1. The van der Waals surface area contributed by atoms with Crippen molar-refractivity contribution >= 4 is 35.3 Å². The fourth-order valence-electron chi connectivity index (χ4n) is 1.74. The monoisotopic (exact) mass is 356 g/mol. The summed E-state index contributed by atoms with van der Waals surface area (Å²) in [4.78, 5) is 11.8. The van der Waals surface area contributed by atoms with E-state index in [-0.39, 0.29) is 32.8 Å². The molecule has 9 heteroatoms. The van der Waals surface area contributed by atoms with E-state index in [9.17, 15) is 9.90 Å². The van der Waals surface area contributed by atoms with Crippen LogP contribution in [0.15, 0.2) is 17.2 Å². The highest BCUT2D eigenvalue weighted by Crippen LogP contribution is 2.39. The summed E-state index contributed by atoms with van der Waals surface area (Å²) in [7, 11) is 0. The second kappa shape index (κ2) is 7.34. The van der Waals surface area contributed by atoms with Gasteiger partial charge in [-0.05, 0) is 19.9 Å². The van der Waals surface area contributed by atoms with Crippen LogP contribution in [0.25, 0.3) is 0 Å². The van der Waals surface area contributed by atoms with Crippen LogP contribution >= 0.6 is 23.2 Å². The van der Waals surface area contributed by atoms with Gasteiger partial charge >= 0.3 is 0 Å². The second-order valence-electron chi connectivity index (χ2n) is 4.50. The number of rotatable bonds is 5. The molecule has 122 valence electrons. The van der Waals surface area contributed by atoms with Crippen LogP contribution in [0.5, 0.6) is 11.5 Å². The van der Waals surface area contributed by atoms with Gasteiger partial charge in [-0.15, -0.1) is 0 Å². The van der Waals surface area contributed by atoms with Crippen LogP contribution in [0.2, 0.25) is 10.0 Å². The molecule has 1 aromatic heterocycles. The summed E-state index contributed by atoms with van der Waals surface area (Å²) >= 11 is 12.0. The van der Waals surface area contributed by atoms with Crippen molar-refractivity contribution in [2.45, 2.75) is 13.8 Å². The first kappa shape index (κ1) is 17.1. The number of ether oxygens (including phenoxy) is 1. The predicted molar refractivity (Wildman–Crippen MR) is 87.7 cm³/mol. The van der Waals surface area contributed by atoms with Crippen molar-refractivity contribution in [1.29, 1.82) is 0 Å². The zero-order valence-electron chi connectivity index (χ0n) is 12.4. The Balaban J connectivity index is 2.20. The number of aromatic hydroxyl groups is 1. The maximum Gasteiger partial charge on any atom is 0.291 e. The maximum atomic E-state index is 11.8. The van der Waals surface area contributed by atoms with Crippen molar-refractivity contribution < 1.29 is 14.6 Å². The van der Waals surface area contributed by atoms with E-state index in [0.29, 0.717) is 6.61 Å². The number of aryl methyl sites for hydroxylation is 1. The van der Waals surface area contributed by atoms with Gasteiger partial charge in [-0.2, -0.15) is 10.2 Å². The first-order chi connectivity index (χ1) is 10.9. The largest absolute Gasteiger partial charge is 0.504 e. The minimum Gasteiger partial charge on any atom is -0.504 e. The third-order valence-electron chi connectivity index (χ3n) is 2.79. The summed E-state index contributed by atoms with van der Waals surface area (Å²) in [6, 6.07) is 2.98. The van der Waals surface area contributed by atoms with Crippen LogP contribution in [0.4, 0.5) is 0 Å². The number of hydrogen-bond donors (Lipinski definition) is 3. The molecule has 1 heterocycles. The number of nitrogens with one attached hydrogen (secondary N) is 2. The van der Waals surface area contributed by atoms with Crippen molar-refractivity contribution in [3.8, 4) is 11.5 Å². The van der Waals surface area contributed by atoms with E-state index in [4.69, 9.17) is 27.9 Å². The number of hydrazone groups is 1. The molecule has 0 aliphatic rings. The van der Waals surface area contributed by atoms with Crippen molar-refractivity contribution in [1.82, 2.24) is 15.6 Å². The summed E-state index contributed by atoms with van der Waals surface area (Å²) in [5.41, 5.74) is 3.36. The highest BCUT2D eigenvalue weighted by molar-refractivity contribution is 6.43.